The van der Waals surface area contributed by atoms with E-state index >= 15 is 0 Å². The van der Waals surface area contributed by atoms with Gasteiger partial charge in [-0.25, -0.2) is 13.4 Å². The van der Waals surface area contributed by atoms with Gasteiger partial charge in [0.1, 0.15) is 0 Å². The van der Waals surface area contributed by atoms with E-state index in [0.29, 0.717) is 16.6 Å². The fourth-order valence-electron chi connectivity index (χ4n) is 1.88. The van der Waals surface area contributed by atoms with E-state index in [0.717, 1.165) is 23.4 Å². The molecular weight excluding hydrogens is 306 g/mol. The quantitative estimate of drug-likeness (QED) is 0.856. The highest BCUT2D eigenvalue weighted by Gasteiger charge is 2.18. The molecule has 0 unspecified atom stereocenters. The molecular formula is C14H19N3O2S2. The smallest absolute Gasteiger partial charge is 0.263 e. The van der Waals surface area contributed by atoms with Gasteiger partial charge in [-0.15, -0.1) is 11.3 Å². The van der Waals surface area contributed by atoms with E-state index in [1.807, 2.05) is 31.4 Å². The van der Waals surface area contributed by atoms with Gasteiger partial charge in [0, 0.05) is 11.9 Å². The van der Waals surface area contributed by atoms with Crippen LogP contribution in [0.1, 0.15) is 23.7 Å². The first-order valence-electron chi connectivity index (χ1n) is 6.67. The third kappa shape index (κ3) is 4.03. The Bertz CT molecular complexity index is 724. The number of rotatable bonds is 6. The Morgan fingerprint density at radius 1 is 1.29 bits per heavy atom. The summed E-state index contributed by atoms with van der Waals surface area (Å²) in [6.07, 6.45) is 0. The number of nitrogens with zero attached hydrogens (tertiary/aromatic N) is 1. The molecule has 2 rings (SSSR count). The molecule has 114 valence electrons. The van der Waals surface area contributed by atoms with Crippen LogP contribution >= 0.6 is 11.3 Å². The first-order chi connectivity index (χ1) is 9.92. The zero-order chi connectivity index (χ0) is 15.5. The largest absolute Gasteiger partial charge is 0.313 e. The topological polar surface area (TPSA) is 71.1 Å². The van der Waals surface area contributed by atoms with E-state index < -0.39 is 10.0 Å². The van der Waals surface area contributed by atoms with Crippen molar-refractivity contribution in [3.05, 3.63) is 40.4 Å². The standard InChI is InChI=1S/C14H19N3O2S2/c1-4-15-8-12-6-5-10(2)13(7-12)21(18,19)17-14-16-11(3)9-20-14/h5-7,9,15H,4,8H2,1-3H3,(H,16,17). The highest BCUT2D eigenvalue weighted by atomic mass is 32.2. The molecule has 1 aromatic heterocycles. The molecule has 0 atom stereocenters. The first kappa shape index (κ1) is 15.9. The summed E-state index contributed by atoms with van der Waals surface area (Å²) in [5.41, 5.74) is 2.46. The number of hydrogen-bond acceptors (Lipinski definition) is 5. The Kier molecular flexibility index (Phi) is 4.97. The Morgan fingerprint density at radius 2 is 2.05 bits per heavy atom. The van der Waals surface area contributed by atoms with Crippen LogP contribution in [0, 0.1) is 13.8 Å². The van der Waals surface area contributed by atoms with E-state index in [1.165, 1.54) is 11.3 Å². The highest BCUT2D eigenvalue weighted by Crippen LogP contribution is 2.22. The molecule has 0 bridgehead atoms. The molecule has 2 N–H and O–H groups in total. The van der Waals surface area contributed by atoms with Crippen LogP contribution in [-0.4, -0.2) is 19.9 Å². The van der Waals surface area contributed by atoms with Crippen LogP contribution in [0.2, 0.25) is 0 Å². The lowest BCUT2D eigenvalue weighted by Gasteiger charge is -2.10. The molecule has 2 aromatic rings. The number of nitrogens with one attached hydrogen (secondary N) is 2. The number of anilines is 1. The monoisotopic (exact) mass is 325 g/mol. The number of aryl methyl sites for hydroxylation is 2. The first-order valence-corrected chi connectivity index (χ1v) is 9.04. The third-order valence-electron chi connectivity index (χ3n) is 2.96. The molecule has 1 heterocycles. The summed E-state index contributed by atoms with van der Waals surface area (Å²) in [6, 6.07) is 5.47. The summed E-state index contributed by atoms with van der Waals surface area (Å²) in [5, 5.41) is 5.39. The predicted molar refractivity (Wildman–Crippen MR) is 86.2 cm³/mol. The zero-order valence-electron chi connectivity index (χ0n) is 12.3. The molecule has 7 heteroatoms. The van der Waals surface area contributed by atoms with E-state index in [1.54, 1.807) is 13.0 Å². The molecule has 0 saturated heterocycles. The summed E-state index contributed by atoms with van der Waals surface area (Å²) in [5.74, 6) is 0. The van der Waals surface area contributed by atoms with Gasteiger partial charge in [0.2, 0.25) is 0 Å². The molecule has 21 heavy (non-hydrogen) atoms. The third-order valence-corrected chi connectivity index (χ3v) is 5.45. The SMILES string of the molecule is CCNCc1ccc(C)c(S(=O)(=O)Nc2nc(C)cs2)c1. The average Bonchev–Trinajstić information content (AvgIpc) is 2.82. The van der Waals surface area contributed by atoms with Gasteiger partial charge in [0.05, 0.1) is 10.6 Å². The number of benzene rings is 1. The lowest BCUT2D eigenvalue weighted by Crippen LogP contribution is -2.16. The minimum absolute atomic E-state index is 0.297. The van der Waals surface area contributed by atoms with Gasteiger partial charge in [-0.1, -0.05) is 19.1 Å². The van der Waals surface area contributed by atoms with Crippen molar-refractivity contribution in [2.45, 2.75) is 32.2 Å². The van der Waals surface area contributed by atoms with E-state index in [2.05, 4.69) is 15.0 Å². The maximum Gasteiger partial charge on any atom is 0.263 e. The van der Waals surface area contributed by atoms with Crippen LogP contribution in [0.4, 0.5) is 5.13 Å². The fraction of sp³-hybridized carbons (Fsp3) is 0.357. The number of sulfonamides is 1. The summed E-state index contributed by atoms with van der Waals surface area (Å²) < 4.78 is 27.5. The van der Waals surface area contributed by atoms with Gasteiger partial charge in [-0.3, -0.25) is 4.72 Å². The second-order valence-electron chi connectivity index (χ2n) is 4.78. The van der Waals surface area contributed by atoms with Gasteiger partial charge in [-0.05, 0) is 37.6 Å². The molecule has 1 aromatic carbocycles. The van der Waals surface area contributed by atoms with Crippen LogP contribution in [0.3, 0.4) is 0 Å². The van der Waals surface area contributed by atoms with Gasteiger partial charge in [0.25, 0.3) is 10.0 Å². The Hall–Kier alpha value is -1.44. The molecule has 0 saturated carbocycles. The summed E-state index contributed by atoms with van der Waals surface area (Å²) in [6.45, 7) is 7.12. The van der Waals surface area contributed by atoms with Crippen molar-refractivity contribution in [2.24, 2.45) is 0 Å². The minimum atomic E-state index is -3.61. The summed E-state index contributed by atoms with van der Waals surface area (Å²) >= 11 is 1.28. The van der Waals surface area contributed by atoms with Crippen LogP contribution in [0.25, 0.3) is 0 Å². The molecule has 0 aliphatic carbocycles. The molecule has 0 aliphatic rings. The van der Waals surface area contributed by atoms with Crippen molar-refractivity contribution in [2.75, 3.05) is 11.3 Å². The molecule has 0 amide bonds. The molecule has 5 nitrogen and oxygen atoms in total. The molecule has 0 aliphatic heterocycles. The van der Waals surface area contributed by atoms with Crippen molar-refractivity contribution >= 4 is 26.5 Å². The minimum Gasteiger partial charge on any atom is -0.313 e. The molecule has 0 radical (unpaired) electrons. The van der Waals surface area contributed by atoms with Crippen LogP contribution < -0.4 is 10.0 Å². The van der Waals surface area contributed by atoms with Crippen molar-refractivity contribution in [1.29, 1.82) is 0 Å². The number of aromatic nitrogens is 1. The lowest BCUT2D eigenvalue weighted by atomic mass is 10.1. The second kappa shape index (κ2) is 6.55. The fourth-order valence-corrected chi connectivity index (χ4v) is 4.12. The second-order valence-corrected chi connectivity index (χ2v) is 7.29. The average molecular weight is 325 g/mol. The molecule has 0 spiro atoms. The summed E-state index contributed by atoms with van der Waals surface area (Å²) in [4.78, 5) is 4.44. The maximum atomic E-state index is 12.5. The normalized spacial score (nSPS) is 11.6. The van der Waals surface area contributed by atoms with Crippen molar-refractivity contribution in [3.8, 4) is 0 Å². The van der Waals surface area contributed by atoms with Crippen molar-refractivity contribution in [1.82, 2.24) is 10.3 Å². The van der Waals surface area contributed by atoms with Crippen LogP contribution in [0.15, 0.2) is 28.5 Å². The van der Waals surface area contributed by atoms with Crippen molar-refractivity contribution < 1.29 is 8.42 Å². The van der Waals surface area contributed by atoms with Crippen LogP contribution in [-0.2, 0) is 16.6 Å². The van der Waals surface area contributed by atoms with E-state index in [-0.39, 0.29) is 0 Å². The highest BCUT2D eigenvalue weighted by molar-refractivity contribution is 7.93. The van der Waals surface area contributed by atoms with E-state index in [9.17, 15) is 8.42 Å². The van der Waals surface area contributed by atoms with Crippen LogP contribution in [0.5, 0.6) is 0 Å². The van der Waals surface area contributed by atoms with Gasteiger partial charge in [-0.2, -0.15) is 0 Å². The molecule has 0 fully saturated rings. The van der Waals surface area contributed by atoms with Crippen molar-refractivity contribution in [3.63, 3.8) is 0 Å². The predicted octanol–water partition coefficient (Wildman–Crippen LogP) is 2.67. The van der Waals surface area contributed by atoms with Gasteiger partial charge >= 0.3 is 0 Å². The Morgan fingerprint density at radius 3 is 2.67 bits per heavy atom. The van der Waals surface area contributed by atoms with E-state index in [4.69, 9.17) is 0 Å². The maximum absolute atomic E-state index is 12.5. The lowest BCUT2D eigenvalue weighted by molar-refractivity contribution is 0.600. The Labute approximate surface area is 129 Å². The Balaban J connectivity index is 2.30. The zero-order valence-corrected chi connectivity index (χ0v) is 13.9. The number of thiazole rings is 1. The summed E-state index contributed by atoms with van der Waals surface area (Å²) in [7, 11) is -3.61. The van der Waals surface area contributed by atoms with Gasteiger partial charge < -0.3 is 5.32 Å². The number of hydrogen-bond donors (Lipinski definition) is 2. The van der Waals surface area contributed by atoms with Gasteiger partial charge in [0.15, 0.2) is 5.13 Å².